The number of nitrogens with one attached hydrogen (secondary N) is 1. The van der Waals surface area contributed by atoms with Crippen molar-refractivity contribution in [2.45, 2.75) is 39.8 Å². The fourth-order valence-corrected chi connectivity index (χ4v) is 2.07. The molecule has 4 heteroatoms. The standard InChI is InChI=1S/C16H21NO3/c1-10(2)13(18)8-16(19)17-9-15-11(3)12-6-4-5-7-14(12)20-15/h4-7,10,13,18H,8-9H2,1-3H3,(H,17,19). The van der Waals surface area contributed by atoms with Crippen LogP contribution in [0.3, 0.4) is 0 Å². The highest BCUT2D eigenvalue weighted by molar-refractivity contribution is 5.82. The summed E-state index contributed by atoms with van der Waals surface area (Å²) in [7, 11) is 0. The van der Waals surface area contributed by atoms with Crippen LogP contribution < -0.4 is 5.32 Å². The zero-order chi connectivity index (χ0) is 14.7. The lowest BCUT2D eigenvalue weighted by Gasteiger charge is -2.13. The van der Waals surface area contributed by atoms with Crippen molar-refractivity contribution >= 4 is 16.9 Å². The van der Waals surface area contributed by atoms with E-state index in [2.05, 4.69) is 5.32 Å². The Hall–Kier alpha value is -1.81. The number of aliphatic hydroxyl groups is 1. The molecule has 4 nitrogen and oxygen atoms in total. The summed E-state index contributed by atoms with van der Waals surface area (Å²) in [5.41, 5.74) is 1.88. The molecule has 0 bridgehead atoms. The molecule has 1 aromatic heterocycles. The molecule has 0 saturated carbocycles. The van der Waals surface area contributed by atoms with E-state index in [0.29, 0.717) is 6.54 Å². The third-order valence-corrected chi connectivity index (χ3v) is 3.55. The number of hydrogen-bond donors (Lipinski definition) is 2. The molecule has 2 aromatic rings. The maximum atomic E-state index is 11.7. The van der Waals surface area contributed by atoms with Crippen LogP contribution in [0.2, 0.25) is 0 Å². The number of carbonyl (C=O) groups is 1. The van der Waals surface area contributed by atoms with Crippen LogP contribution in [0.5, 0.6) is 0 Å². The Morgan fingerprint density at radius 2 is 2.05 bits per heavy atom. The van der Waals surface area contributed by atoms with Crippen molar-refractivity contribution in [3.8, 4) is 0 Å². The molecule has 1 unspecified atom stereocenters. The summed E-state index contributed by atoms with van der Waals surface area (Å²) in [5.74, 6) is 0.679. The SMILES string of the molecule is Cc1c(CNC(=O)CC(O)C(C)C)oc2ccccc12. The number of hydrogen-bond acceptors (Lipinski definition) is 3. The van der Waals surface area contributed by atoms with Crippen molar-refractivity contribution in [3.05, 3.63) is 35.6 Å². The number of amides is 1. The number of para-hydroxylation sites is 1. The van der Waals surface area contributed by atoms with E-state index in [1.165, 1.54) is 0 Å². The number of carbonyl (C=O) groups excluding carboxylic acids is 1. The molecule has 1 heterocycles. The van der Waals surface area contributed by atoms with Gasteiger partial charge < -0.3 is 14.8 Å². The van der Waals surface area contributed by atoms with Gasteiger partial charge in [-0.2, -0.15) is 0 Å². The van der Waals surface area contributed by atoms with E-state index in [1.54, 1.807) is 0 Å². The van der Waals surface area contributed by atoms with Gasteiger partial charge in [-0.1, -0.05) is 32.0 Å². The van der Waals surface area contributed by atoms with Crippen molar-refractivity contribution in [1.29, 1.82) is 0 Å². The van der Waals surface area contributed by atoms with Gasteiger partial charge in [0.15, 0.2) is 0 Å². The Bertz CT molecular complexity index is 601. The van der Waals surface area contributed by atoms with Gasteiger partial charge in [0.05, 0.1) is 19.1 Å². The number of furan rings is 1. The van der Waals surface area contributed by atoms with Crippen LogP contribution in [-0.4, -0.2) is 17.1 Å². The van der Waals surface area contributed by atoms with Crippen molar-refractivity contribution in [3.63, 3.8) is 0 Å². The van der Waals surface area contributed by atoms with Crippen LogP contribution in [0.15, 0.2) is 28.7 Å². The molecule has 0 saturated heterocycles. The van der Waals surface area contributed by atoms with Crippen LogP contribution in [-0.2, 0) is 11.3 Å². The predicted molar refractivity (Wildman–Crippen MR) is 78.3 cm³/mol. The predicted octanol–water partition coefficient (Wildman–Crippen LogP) is 2.76. The second-order valence-electron chi connectivity index (χ2n) is 5.44. The second kappa shape index (κ2) is 6.09. The average Bonchev–Trinajstić information content (AvgIpc) is 2.73. The summed E-state index contributed by atoms with van der Waals surface area (Å²) in [5, 5.41) is 13.5. The zero-order valence-corrected chi connectivity index (χ0v) is 12.1. The fraction of sp³-hybridized carbons (Fsp3) is 0.438. The van der Waals surface area contributed by atoms with Gasteiger partial charge in [-0.25, -0.2) is 0 Å². The molecule has 0 radical (unpaired) electrons. The molecule has 2 N–H and O–H groups in total. The first-order valence-electron chi connectivity index (χ1n) is 6.90. The number of rotatable bonds is 5. The normalized spacial score (nSPS) is 12.8. The smallest absolute Gasteiger partial charge is 0.222 e. The van der Waals surface area contributed by atoms with E-state index in [-0.39, 0.29) is 18.2 Å². The monoisotopic (exact) mass is 275 g/mol. The maximum absolute atomic E-state index is 11.7. The molecule has 20 heavy (non-hydrogen) atoms. The van der Waals surface area contributed by atoms with E-state index < -0.39 is 6.10 Å². The lowest BCUT2D eigenvalue weighted by atomic mass is 10.0. The van der Waals surface area contributed by atoms with E-state index in [0.717, 1.165) is 22.3 Å². The van der Waals surface area contributed by atoms with Gasteiger partial charge in [-0.3, -0.25) is 4.79 Å². The van der Waals surface area contributed by atoms with Gasteiger partial charge in [0.1, 0.15) is 11.3 Å². The minimum absolute atomic E-state index is 0.0775. The third kappa shape index (κ3) is 3.20. The molecule has 0 aliphatic carbocycles. The summed E-state index contributed by atoms with van der Waals surface area (Å²) in [6.07, 6.45) is -0.483. The van der Waals surface area contributed by atoms with Gasteiger partial charge in [-0.05, 0) is 18.9 Å². The Morgan fingerprint density at radius 1 is 1.35 bits per heavy atom. The van der Waals surface area contributed by atoms with Crippen LogP contribution in [0, 0.1) is 12.8 Å². The summed E-state index contributed by atoms with van der Waals surface area (Å²) >= 11 is 0. The highest BCUT2D eigenvalue weighted by atomic mass is 16.3. The van der Waals surface area contributed by atoms with Crippen LogP contribution in [0.4, 0.5) is 0 Å². The maximum Gasteiger partial charge on any atom is 0.222 e. The van der Waals surface area contributed by atoms with E-state index in [4.69, 9.17) is 4.42 Å². The summed E-state index contributed by atoms with van der Waals surface area (Å²) < 4.78 is 5.72. The summed E-state index contributed by atoms with van der Waals surface area (Å²) in [6.45, 7) is 6.11. The lowest BCUT2D eigenvalue weighted by Crippen LogP contribution is -2.29. The lowest BCUT2D eigenvalue weighted by molar-refractivity contribution is -0.123. The number of aliphatic hydroxyl groups excluding tert-OH is 1. The fourth-order valence-electron chi connectivity index (χ4n) is 2.07. The van der Waals surface area contributed by atoms with Gasteiger partial charge in [-0.15, -0.1) is 0 Å². The van der Waals surface area contributed by atoms with Gasteiger partial charge >= 0.3 is 0 Å². The zero-order valence-electron chi connectivity index (χ0n) is 12.1. The number of benzene rings is 1. The third-order valence-electron chi connectivity index (χ3n) is 3.55. The molecule has 108 valence electrons. The van der Waals surface area contributed by atoms with E-state index in [9.17, 15) is 9.90 Å². The minimum atomic E-state index is -0.605. The molecular weight excluding hydrogens is 254 g/mol. The van der Waals surface area contributed by atoms with Crippen molar-refractivity contribution in [2.24, 2.45) is 5.92 Å². The summed E-state index contributed by atoms with van der Waals surface area (Å²) in [6, 6.07) is 7.80. The van der Waals surface area contributed by atoms with Crippen molar-refractivity contribution < 1.29 is 14.3 Å². The first-order chi connectivity index (χ1) is 9.49. The van der Waals surface area contributed by atoms with Gasteiger partial charge in [0.2, 0.25) is 5.91 Å². The highest BCUT2D eigenvalue weighted by Gasteiger charge is 2.15. The van der Waals surface area contributed by atoms with Crippen molar-refractivity contribution in [2.75, 3.05) is 0 Å². The molecule has 2 rings (SSSR count). The second-order valence-corrected chi connectivity index (χ2v) is 5.44. The first kappa shape index (κ1) is 14.6. The molecule has 0 aliphatic heterocycles. The first-order valence-corrected chi connectivity index (χ1v) is 6.90. The topological polar surface area (TPSA) is 62.5 Å². The number of aryl methyl sites for hydroxylation is 1. The largest absolute Gasteiger partial charge is 0.459 e. The molecule has 0 fully saturated rings. The number of fused-ring (bicyclic) bond motifs is 1. The van der Waals surface area contributed by atoms with Crippen LogP contribution in [0.1, 0.15) is 31.6 Å². The molecule has 1 atom stereocenters. The van der Waals surface area contributed by atoms with E-state index >= 15 is 0 Å². The van der Waals surface area contributed by atoms with E-state index in [1.807, 2.05) is 45.0 Å². The Balaban J connectivity index is 1.99. The van der Waals surface area contributed by atoms with Crippen LogP contribution >= 0.6 is 0 Å². The Kier molecular flexibility index (Phi) is 4.45. The van der Waals surface area contributed by atoms with Gasteiger partial charge in [0, 0.05) is 10.9 Å². The molecule has 1 amide bonds. The molecular formula is C16H21NO3. The van der Waals surface area contributed by atoms with Crippen LogP contribution in [0.25, 0.3) is 11.0 Å². The quantitative estimate of drug-likeness (QED) is 0.882. The Labute approximate surface area is 118 Å². The molecule has 0 aliphatic rings. The molecule has 1 aromatic carbocycles. The van der Waals surface area contributed by atoms with Crippen molar-refractivity contribution in [1.82, 2.24) is 5.32 Å². The summed E-state index contributed by atoms with van der Waals surface area (Å²) in [4.78, 5) is 11.7. The average molecular weight is 275 g/mol. The minimum Gasteiger partial charge on any atom is -0.459 e. The Morgan fingerprint density at radius 3 is 2.70 bits per heavy atom. The molecule has 0 spiro atoms. The van der Waals surface area contributed by atoms with Gasteiger partial charge in [0.25, 0.3) is 0 Å². The highest BCUT2D eigenvalue weighted by Crippen LogP contribution is 2.24.